The molecule has 1 heterocycles. The lowest BCUT2D eigenvalue weighted by Gasteiger charge is -2.32. The normalized spacial score (nSPS) is 17.9. The van der Waals surface area contributed by atoms with Crippen molar-refractivity contribution in [3.05, 3.63) is 53.1 Å². The second-order valence-corrected chi connectivity index (χ2v) is 10.3. The van der Waals surface area contributed by atoms with Crippen molar-refractivity contribution >= 4 is 5.78 Å². The molecular formula is C30H41NO4. The number of carbonyl (C=O) groups is 1. The Kier molecular flexibility index (Phi) is 9.08. The number of likely N-dealkylation sites (tertiary alicyclic amines) is 1. The second kappa shape index (κ2) is 12.4. The summed E-state index contributed by atoms with van der Waals surface area (Å²) in [6, 6.07) is 11.8. The van der Waals surface area contributed by atoms with E-state index in [-0.39, 0.29) is 5.78 Å². The van der Waals surface area contributed by atoms with Crippen LogP contribution in [0.4, 0.5) is 0 Å². The Bertz CT molecular complexity index is 974. The number of ether oxygens (including phenoxy) is 2. The Hall–Kier alpha value is -2.53. The van der Waals surface area contributed by atoms with Gasteiger partial charge in [0.05, 0.1) is 13.7 Å². The van der Waals surface area contributed by atoms with Crippen LogP contribution in [0.15, 0.2) is 36.4 Å². The maximum Gasteiger partial charge on any atom is 0.161 e. The smallest absolute Gasteiger partial charge is 0.161 e. The molecule has 4 rings (SSSR count). The fourth-order valence-corrected chi connectivity index (χ4v) is 5.72. The van der Waals surface area contributed by atoms with Crippen molar-refractivity contribution in [2.75, 3.05) is 33.4 Å². The molecule has 1 aliphatic heterocycles. The highest BCUT2D eigenvalue weighted by Gasteiger charge is 2.23. The summed E-state index contributed by atoms with van der Waals surface area (Å²) in [5.41, 5.74) is 2.96. The number of carbonyl (C=O) groups excluding carboxylic acids is 1. The molecule has 2 aromatic rings. The molecule has 0 unspecified atom stereocenters. The number of nitrogens with zero attached hydrogens (tertiary/aromatic N) is 1. The number of hydrogen-bond donors (Lipinski definition) is 1. The lowest BCUT2D eigenvalue weighted by molar-refractivity contribution is 0.101. The average molecular weight is 480 g/mol. The van der Waals surface area contributed by atoms with Gasteiger partial charge in [0.25, 0.3) is 0 Å². The SMILES string of the molecule is COc1cc(C(C)=O)ccc1OCCCN1CCC(Cc2cccc(C3CCCCC3)c2O)CC1. The number of piperidine rings is 1. The number of ketones is 1. The summed E-state index contributed by atoms with van der Waals surface area (Å²) in [6.07, 6.45) is 10.6. The van der Waals surface area contributed by atoms with Crippen LogP contribution in [0, 0.1) is 5.92 Å². The monoisotopic (exact) mass is 479 g/mol. The number of rotatable bonds is 10. The predicted molar refractivity (Wildman–Crippen MR) is 140 cm³/mol. The van der Waals surface area contributed by atoms with Gasteiger partial charge in [-0.05, 0) is 99.7 Å². The molecule has 0 aromatic heterocycles. The molecule has 1 aliphatic carbocycles. The van der Waals surface area contributed by atoms with E-state index in [1.807, 2.05) is 6.07 Å². The average Bonchev–Trinajstić information content (AvgIpc) is 2.89. The third-order valence-electron chi connectivity index (χ3n) is 7.86. The Balaban J connectivity index is 1.20. The van der Waals surface area contributed by atoms with Crippen molar-refractivity contribution in [2.45, 2.75) is 70.6 Å². The lowest BCUT2D eigenvalue weighted by Crippen LogP contribution is -2.35. The van der Waals surface area contributed by atoms with Gasteiger partial charge in [-0.1, -0.05) is 37.5 Å². The van der Waals surface area contributed by atoms with E-state index in [4.69, 9.17) is 9.47 Å². The molecule has 1 saturated heterocycles. The van der Waals surface area contributed by atoms with Crippen molar-refractivity contribution in [3.8, 4) is 17.2 Å². The molecule has 2 fully saturated rings. The minimum atomic E-state index is 0.0189. The van der Waals surface area contributed by atoms with Gasteiger partial charge in [-0.2, -0.15) is 0 Å². The van der Waals surface area contributed by atoms with Crippen molar-refractivity contribution in [2.24, 2.45) is 5.92 Å². The summed E-state index contributed by atoms with van der Waals surface area (Å²) < 4.78 is 11.3. The first-order valence-corrected chi connectivity index (χ1v) is 13.4. The molecule has 1 N–H and O–H groups in total. The number of hydrogen-bond acceptors (Lipinski definition) is 5. The van der Waals surface area contributed by atoms with E-state index in [1.165, 1.54) is 50.5 Å². The lowest BCUT2D eigenvalue weighted by atomic mass is 9.82. The predicted octanol–water partition coefficient (Wildman–Crippen LogP) is 6.37. The zero-order valence-electron chi connectivity index (χ0n) is 21.4. The number of para-hydroxylation sites is 1. The maximum atomic E-state index is 11.6. The van der Waals surface area contributed by atoms with Gasteiger partial charge in [0.15, 0.2) is 17.3 Å². The van der Waals surface area contributed by atoms with Gasteiger partial charge >= 0.3 is 0 Å². The van der Waals surface area contributed by atoms with Crippen LogP contribution in [-0.2, 0) is 6.42 Å². The van der Waals surface area contributed by atoms with Gasteiger partial charge in [-0.15, -0.1) is 0 Å². The van der Waals surface area contributed by atoms with Gasteiger partial charge < -0.3 is 19.5 Å². The minimum Gasteiger partial charge on any atom is -0.507 e. The Morgan fingerprint density at radius 1 is 1.03 bits per heavy atom. The first kappa shape index (κ1) is 25.6. The molecule has 0 bridgehead atoms. The third kappa shape index (κ3) is 6.78. The van der Waals surface area contributed by atoms with Crippen molar-refractivity contribution in [1.82, 2.24) is 4.90 Å². The van der Waals surface area contributed by atoms with Crippen LogP contribution in [-0.4, -0.2) is 49.1 Å². The highest BCUT2D eigenvalue weighted by atomic mass is 16.5. The molecule has 5 nitrogen and oxygen atoms in total. The Morgan fingerprint density at radius 3 is 2.51 bits per heavy atom. The van der Waals surface area contributed by atoms with Gasteiger partial charge in [0.1, 0.15) is 5.75 Å². The van der Waals surface area contributed by atoms with Crippen LogP contribution in [0.3, 0.4) is 0 Å². The minimum absolute atomic E-state index is 0.0189. The van der Waals surface area contributed by atoms with Crippen molar-refractivity contribution in [3.63, 3.8) is 0 Å². The standard InChI is InChI=1S/C30H41NO4/c1-22(32)25-12-13-28(29(21-25)34-2)35-19-7-16-31-17-14-23(15-18-31)20-26-10-6-11-27(30(26)33)24-8-4-3-5-9-24/h6,10-13,21,23-24,33H,3-5,7-9,14-20H2,1-2H3. The number of phenols is 1. The van der Waals surface area contributed by atoms with E-state index >= 15 is 0 Å². The largest absolute Gasteiger partial charge is 0.507 e. The van der Waals surface area contributed by atoms with Gasteiger partial charge in [0.2, 0.25) is 0 Å². The van der Waals surface area contributed by atoms with E-state index in [1.54, 1.807) is 26.2 Å². The summed E-state index contributed by atoms with van der Waals surface area (Å²) in [7, 11) is 1.60. The fraction of sp³-hybridized carbons (Fsp3) is 0.567. The molecule has 0 spiro atoms. The zero-order valence-corrected chi connectivity index (χ0v) is 21.4. The molecule has 0 atom stereocenters. The first-order valence-electron chi connectivity index (χ1n) is 13.4. The van der Waals surface area contributed by atoms with Crippen LogP contribution >= 0.6 is 0 Å². The fourth-order valence-electron chi connectivity index (χ4n) is 5.72. The van der Waals surface area contributed by atoms with Crippen LogP contribution < -0.4 is 9.47 Å². The van der Waals surface area contributed by atoms with E-state index in [9.17, 15) is 9.90 Å². The molecule has 2 aliphatic rings. The quantitative estimate of drug-likeness (QED) is 0.317. The first-order chi connectivity index (χ1) is 17.0. The summed E-state index contributed by atoms with van der Waals surface area (Å²) >= 11 is 0. The summed E-state index contributed by atoms with van der Waals surface area (Å²) in [6.45, 7) is 5.39. The van der Waals surface area contributed by atoms with E-state index in [0.29, 0.717) is 41.3 Å². The van der Waals surface area contributed by atoms with Crippen molar-refractivity contribution in [1.29, 1.82) is 0 Å². The van der Waals surface area contributed by atoms with Gasteiger partial charge in [-0.3, -0.25) is 4.79 Å². The van der Waals surface area contributed by atoms with E-state index in [2.05, 4.69) is 23.1 Å². The number of Topliss-reactive ketones (excluding diaryl/α,β-unsaturated/α-hetero) is 1. The topological polar surface area (TPSA) is 59.0 Å². The molecule has 35 heavy (non-hydrogen) atoms. The van der Waals surface area contributed by atoms with Crippen LogP contribution in [0.5, 0.6) is 17.2 Å². The maximum absolute atomic E-state index is 11.6. The molecular weight excluding hydrogens is 438 g/mol. The Labute approximate surface area is 210 Å². The number of methoxy groups -OCH3 is 1. The molecule has 190 valence electrons. The highest BCUT2D eigenvalue weighted by Crippen LogP contribution is 2.39. The molecule has 0 amide bonds. The highest BCUT2D eigenvalue weighted by molar-refractivity contribution is 5.94. The Morgan fingerprint density at radius 2 is 1.80 bits per heavy atom. The number of phenolic OH excluding ortho intramolecular Hbond substituents is 1. The van der Waals surface area contributed by atoms with Crippen LogP contribution in [0.25, 0.3) is 0 Å². The molecule has 2 aromatic carbocycles. The molecule has 0 radical (unpaired) electrons. The number of benzene rings is 2. The second-order valence-electron chi connectivity index (χ2n) is 10.3. The third-order valence-corrected chi connectivity index (χ3v) is 7.86. The zero-order chi connectivity index (χ0) is 24.6. The van der Waals surface area contributed by atoms with Gasteiger partial charge in [-0.25, -0.2) is 0 Å². The van der Waals surface area contributed by atoms with Crippen LogP contribution in [0.1, 0.15) is 85.7 Å². The van der Waals surface area contributed by atoms with Gasteiger partial charge in [0, 0.05) is 12.1 Å². The van der Waals surface area contributed by atoms with E-state index in [0.717, 1.165) is 38.0 Å². The molecule has 1 saturated carbocycles. The summed E-state index contributed by atoms with van der Waals surface area (Å²) in [5, 5.41) is 11.0. The van der Waals surface area contributed by atoms with Crippen molar-refractivity contribution < 1.29 is 19.4 Å². The van der Waals surface area contributed by atoms with E-state index < -0.39 is 0 Å². The summed E-state index contributed by atoms with van der Waals surface area (Å²) in [5.74, 6) is 3.07. The molecule has 5 heteroatoms. The summed E-state index contributed by atoms with van der Waals surface area (Å²) in [4.78, 5) is 14.1. The number of aromatic hydroxyl groups is 1. The van der Waals surface area contributed by atoms with Crippen LogP contribution in [0.2, 0.25) is 0 Å².